The molecule has 2 aromatic carbocycles. The van der Waals surface area contributed by atoms with Crippen LogP contribution in [0.15, 0.2) is 53.4 Å². The Morgan fingerprint density at radius 2 is 1.61 bits per heavy atom. The van der Waals surface area contributed by atoms with E-state index in [0.29, 0.717) is 17.4 Å². The molecule has 0 bridgehead atoms. The van der Waals surface area contributed by atoms with Gasteiger partial charge in [-0.05, 0) is 5.56 Å². The van der Waals surface area contributed by atoms with E-state index in [9.17, 15) is 13.2 Å². The lowest BCUT2D eigenvalue weighted by molar-refractivity contribution is 0.112. The first-order valence-corrected chi connectivity index (χ1v) is 6.75. The number of aldehydes is 1. The van der Waals surface area contributed by atoms with E-state index in [1.807, 2.05) is 6.07 Å². The SMILES string of the molecule is NS(=O)(=O)c1c(C=O)cccc1-c1ccccc1. The molecule has 2 rings (SSSR count). The molecular formula is C13H11NO3S. The molecule has 0 radical (unpaired) electrons. The van der Waals surface area contributed by atoms with Crippen LogP contribution in [0.2, 0.25) is 0 Å². The molecule has 0 heterocycles. The largest absolute Gasteiger partial charge is 0.298 e. The number of primary sulfonamides is 1. The second kappa shape index (κ2) is 4.72. The van der Waals surface area contributed by atoms with Crippen molar-refractivity contribution >= 4 is 16.3 Å². The molecule has 0 aliphatic carbocycles. The number of benzene rings is 2. The minimum atomic E-state index is -3.96. The molecule has 0 saturated carbocycles. The van der Waals surface area contributed by atoms with Gasteiger partial charge in [-0.2, -0.15) is 0 Å². The van der Waals surface area contributed by atoms with Gasteiger partial charge in [-0.15, -0.1) is 0 Å². The minimum Gasteiger partial charge on any atom is -0.298 e. The third kappa shape index (κ3) is 2.32. The van der Waals surface area contributed by atoms with Gasteiger partial charge in [-0.25, -0.2) is 13.6 Å². The first kappa shape index (κ1) is 12.5. The summed E-state index contributed by atoms with van der Waals surface area (Å²) in [6, 6.07) is 13.6. The van der Waals surface area contributed by atoms with Crippen molar-refractivity contribution in [3.05, 3.63) is 54.1 Å². The fourth-order valence-corrected chi connectivity index (χ4v) is 2.75. The van der Waals surface area contributed by atoms with Crippen molar-refractivity contribution in [2.24, 2.45) is 5.14 Å². The normalized spacial score (nSPS) is 11.2. The van der Waals surface area contributed by atoms with Crippen molar-refractivity contribution in [1.82, 2.24) is 0 Å². The van der Waals surface area contributed by atoms with Crippen LogP contribution in [0.3, 0.4) is 0 Å². The van der Waals surface area contributed by atoms with E-state index in [2.05, 4.69) is 0 Å². The van der Waals surface area contributed by atoms with Gasteiger partial charge in [-0.3, -0.25) is 4.79 Å². The van der Waals surface area contributed by atoms with Crippen molar-refractivity contribution in [2.45, 2.75) is 4.90 Å². The molecule has 0 aromatic heterocycles. The summed E-state index contributed by atoms with van der Waals surface area (Å²) < 4.78 is 23.3. The number of hydrogen-bond acceptors (Lipinski definition) is 3. The number of carbonyl (C=O) groups excluding carboxylic acids is 1. The van der Waals surface area contributed by atoms with E-state index >= 15 is 0 Å². The maximum Gasteiger partial charge on any atom is 0.239 e. The number of carbonyl (C=O) groups is 1. The fourth-order valence-electron chi connectivity index (χ4n) is 1.81. The Hall–Kier alpha value is -1.98. The van der Waals surface area contributed by atoms with E-state index in [4.69, 9.17) is 5.14 Å². The number of rotatable bonds is 3. The zero-order valence-electron chi connectivity index (χ0n) is 9.41. The van der Waals surface area contributed by atoms with Gasteiger partial charge in [0.2, 0.25) is 10.0 Å². The predicted molar refractivity (Wildman–Crippen MR) is 68.6 cm³/mol. The Morgan fingerprint density at radius 3 is 2.17 bits per heavy atom. The summed E-state index contributed by atoms with van der Waals surface area (Å²) in [6.07, 6.45) is 0.492. The van der Waals surface area contributed by atoms with E-state index in [-0.39, 0.29) is 10.5 Å². The summed E-state index contributed by atoms with van der Waals surface area (Å²) in [5.74, 6) is 0. The van der Waals surface area contributed by atoms with Gasteiger partial charge in [0.1, 0.15) is 4.90 Å². The Bertz CT molecular complexity index is 679. The molecular weight excluding hydrogens is 250 g/mol. The first-order valence-electron chi connectivity index (χ1n) is 5.20. The Labute approximate surface area is 105 Å². The molecule has 0 aliphatic rings. The van der Waals surface area contributed by atoms with Gasteiger partial charge in [0.25, 0.3) is 0 Å². The van der Waals surface area contributed by atoms with Crippen molar-refractivity contribution in [3.63, 3.8) is 0 Å². The lowest BCUT2D eigenvalue weighted by atomic mass is 10.0. The average Bonchev–Trinajstić information content (AvgIpc) is 2.38. The van der Waals surface area contributed by atoms with Crippen LogP contribution in [0, 0.1) is 0 Å². The van der Waals surface area contributed by atoms with E-state index in [1.54, 1.807) is 36.4 Å². The molecule has 5 heteroatoms. The summed E-state index contributed by atoms with van der Waals surface area (Å²) in [4.78, 5) is 10.8. The Kier molecular flexibility index (Phi) is 3.27. The van der Waals surface area contributed by atoms with Crippen LogP contribution < -0.4 is 5.14 Å². The third-order valence-corrected chi connectivity index (χ3v) is 3.57. The molecule has 0 saturated heterocycles. The molecule has 2 aromatic rings. The van der Waals surface area contributed by atoms with Gasteiger partial charge >= 0.3 is 0 Å². The highest BCUT2D eigenvalue weighted by atomic mass is 32.2. The monoisotopic (exact) mass is 261 g/mol. The number of hydrogen-bond donors (Lipinski definition) is 1. The van der Waals surface area contributed by atoms with E-state index < -0.39 is 10.0 Å². The lowest BCUT2D eigenvalue weighted by Crippen LogP contribution is -2.15. The third-order valence-electron chi connectivity index (χ3n) is 2.54. The van der Waals surface area contributed by atoms with Crippen LogP contribution in [-0.2, 0) is 10.0 Å². The van der Waals surface area contributed by atoms with E-state index in [0.717, 1.165) is 0 Å². The van der Waals surface area contributed by atoms with Gasteiger partial charge < -0.3 is 0 Å². The second-order valence-electron chi connectivity index (χ2n) is 3.75. The van der Waals surface area contributed by atoms with Gasteiger partial charge in [0.15, 0.2) is 6.29 Å². The van der Waals surface area contributed by atoms with Crippen LogP contribution in [0.5, 0.6) is 0 Å². The van der Waals surface area contributed by atoms with Crippen LogP contribution in [0.4, 0.5) is 0 Å². The summed E-state index contributed by atoms with van der Waals surface area (Å²) >= 11 is 0. The van der Waals surface area contributed by atoms with Crippen LogP contribution >= 0.6 is 0 Å². The molecule has 92 valence electrons. The zero-order chi connectivity index (χ0) is 13.2. The highest BCUT2D eigenvalue weighted by molar-refractivity contribution is 7.89. The van der Waals surface area contributed by atoms with Gasteiger partial charge in [0.05, 0.1) is 0 Å². The van der Waals surface area contributed by atoms with Crippen molar-refractivity contribution in [2.75, 3.05) is 0 Å². The minimum absolute atomic E-state index is 0.0684. The Morgan fingerprint density at radius 1 is 0.944 bits per heavy atom. The molecule has 0 fully saturated rings. The highest BCUT2D eigenvalue weighted by Crippen LogP contribution is 2.28. The second-order valence-corrected chi connectivity index (χ2v) is 5.25. The van der Waals surface area contributed by atoms with E-state index in [1.165, 1.54) is 6.07 Å². The average molecular weight is 261 g/mol. The summed E-state index contributed by atoms with van der Waals surface area (Å²) in [7, 11) is -3.96. The van der Waals surface area contributed by atoms with Crippen molar-refractivity contribution in [3.8, 4) is 11.1 Å². The highest BCUT2D eigenvalue weighted by Gasteiger charge is 2.19. The summed E-state index contributed by atoms with van der Waals surface area (Å²) in [6.45, 7) is 0. The van der Waals surface area contributed by atoms with Gasteiger partial charge in [0, 0.05) is 11.1 Å². The molecule has 0 amide bonds. The quantitative estimate of drug-likeness (QED) is 0.856. The van der Waals surface area contributed by atoms with Crippen molar-refractivity contribution < 1.29 is 13.2 Å². The van der Waals surface area contributed by atoms with Gasteiger partial charge in [-0.1, -0.05) is 48.5 Å². The van der Waals surface area contributed by atoms with Crippen LogP contribution in [0.25, 0.3) is 11.1 Å². The van der Waals surface area contributed by atoms with Crippen molar-refractivity contribution in [1.29, 1.82) is 0 Å². The molecule has 2 N–H and O–H groups in total. The molecule has 0 atom stereocenters. The topological polar surface area (TPSA) is 77.2 Å². The first-order chi connectivity index (χ1) is 8.54. The Balaban J connectivity index is 2.81. The number of nitrogens with two attached hydrogens (primary N) is 1. The maximum absolute atomic E-state index is 11.6. The predicted octanol–water partition coefficient (Wildman–Crippen LogP) is 1.81. The molecule has 0 aliphatic heterocycles. The smallest absolute Gasteiger partial charge is 0.239 e. The molecule has 0 unspecified atom stereocenters. The van der Waals surface area contributed by atoms with Crippen LogP contribution in [-0.4, -0.2) is 14.7 Å². The number of sulfonamides is 1. The lowest BCUT2D eigenvalue weighted by Gasteiger charge is -2.09. The summed E-state index contributed by atoms with van der Waals surface area (Å²) in [5.41, 5.74) is 1.20. The zero-order valence-corrected chi connectivity index (χ0v) is 10.2. The standard InChI is InChI=1S/C13H11NO3S/c14-18(16,17)13-11(9-15)7-4-8-12(13)10-5-2-1-3-6-10/h1-9H,(H2,14,16,17). The van der Waals surface area contributed by atoms with Crippen LogP contribution in [0.1, 0.15) is 10.4 Å². The maximum atomic E-state index is 11.6. The fraction of sp³-hybridized carbons (Fsp3) is 0. The molecule has 4 nitrogen and oxygen atoms in total. The summed E-state index contributed by atoms with van der Waals surface area (Å²) in [5, 5.41) is 5.18. The molecule has 0 spiro atoms. The molecule has 18 heavy (non-hydrogen) atoms.